The van der Waals surface area contributed by atoms with Crippen LogP contribution in [0, 0.1) is 17.7 Å². The Morgan fingerprint density at radius 3 is 2.64 bits per heavy atom. The Labute approximate surface area is 208 Å². The van der Waals surface area contributed by atoms with Crippen LogP contribution in [-0.4, -0.2) is 31.1 Å². The first-order chi connectivity index (χ1) is 17.4. The molecule has 0 saturated heterocycles. The van der Waals surface area contributed by atoms with Crippen LogP contribution < -0.4 is 11.1 Å². The first-order valence-corrected chi connectivity index (χ1v) is 11.9. The lowest BCUT2D eigenvalue weighted by Crippen LogP contribution is -2.29. The van der Waals surface area contributed by atoms with Crippen molar-refractivity contribution in [2.24, 2.45) is 0 Å². The number of nitrogens with two attached hydrogens (primary N) is 1. The van der Waals surface area contributed by atoms with Crippen molar-refractivity contribution in [3.05, 3.63) is 83.4 Å². The van der Waals surface area contributed by atoms with Crippen molar-refractivity contribution in [1.82, 2.24) is 19.9 Å². The quantitative estimate of drug-likeness (QED) is 0.379. The number of hydrogen-bond acceptors (Lipinski definition) is 5. The SMILES string of the molecule is Nc1nccc(-n2c(CNC(=O)c3ccc(F)cc3)cc3ccc(C#CC4(O)CCCCC4)cc32)n1. The van der Waals surface area contributed by atoms with E-state index in [0.717, 1.165) is 41.4 Å². The number of halogens is 1. The Morgan fingerprint density at radius 1 is 1.11 bits per heavy atom. The van der Waals surface area contributed by atoms with Crippen LogP contribution in [0.3, 0.4) is 0 Å². The second-order valence-corrected chi connectivity index (χ2v) is 9.05. The Bertz CT molecular complexity index is 1480. The maximum atomic E-state index is 13.2. The fourth-order valence-electron chi connectivity index (χ4n) is 4.55. The molecular weight excluding hydrogens is 457 g/mol. The van der Waals surface area contributed by atoms with Crippen LogP contribution in [0.1, 0.15) is 53.7 Å². The van der Waals surface area contributed by atoms with Gasteiger partial charge in [-0.2, -0.15) is 4.98 Å². The molecule has 0 bridgehead atoms. The molecule has 1 aliphatic carbocycles. The van der Waals surface area contributed by atoms with Crippen molar-refractivity contribution in [1.29, 1.82) is 0 Å². The van der Waals surface area contributed by atoms with E-state index < -0.39 is 11.4 Å². The summed E-state index contributed by atoms with van der Waals surface area (Å²) in [5, 5.41) is 14.6. The molecule has 1 amide bonds. The van der Waals surface area contributed by atoms with Crippen LogP contribution in [0.25, 0.3) is 16.7 Å². The van der Waals surface area contributed by atoms with Gasteiger partial charge in [0.25, 0.3) is 5.91 Å². The summed E-state index contributed by atoms with van der Waals surface area (Å²) < 4.78 is 15.1. The maximum Gasteiger partial charge on any atom is 0.251 e. The highest BCUT2D eigenvalue weighted by Gasteiger charge is 2.26. The molecule has 36 heavy (non-hydrogen) atoms. The second kappa shape index (κ2) is 9.80. The van der Waals surface area contributed by atoms with Gasteiger partial charge in [0, 0.05) is 28.4 Å². The molecule has 0 unspecified atom stereocenters. The minimum absolute atomic E-state index is 0.131. The van der Waals surface area contributed by atoms with E-state index >= 15 is 0 Å². The Kier molecular flexibility index (Phi) is 6.40. The number of nitrogen functional groups attached to an aromatic ring is 1. The average Bonchev–Trinajstić information content (AvgIpc) is 3.24. The first kappa shape index (κ1) is 23.5. The summed E-state index contributed by atoms with van der Waals surface area (Å²) in [4.78, 5) is 21.0. The predicted molar refractivity (Wildman–Crippen MR) is 136 cm³/mol. The maximum absolute atomic E-state index is 13.2. The van der Waals surface area contributed by atoms with Crippen LogP contribution in [0.2, 0.25) is 0 Å². The average molecular weight is 484 g/mol. The molecule has 0 spiro atoms. The van der Waals surface area contributed by atoms with Gasteiger partial charge in [0.15, 0.2) is 0 Å². The van der Waals surface area contributed by atoms with E-state index in [4.69, 9.17) is 5.73 Å². The summed E-state index contributed by atoms with van der Waals surface area (Å²) >= 11 is 0. The number of anilines is 1. The van der Waals surface area contributed by atoms with Gasteiger partial charge in [-0.15, -0.1) is 0 Å². The van der Waals surface area contributed by atoms with Crippen molar-refractivity contribution in [2.45, 2.75) is 44.2 Å². The molecule has 5 rings (SSSR count). The number of amides is 1. The minimum Gasteiger partial charge on any atom is -0.378 e. The number of nitrogens with one attached hydrogen (secondary N) is 1. The van der Waals surface area contributed by atoms with E-state index in [1.807, 2.05) is 28.8 Å². The zero-order chi connectivity index (χ0) is 25.1. The van der Waals surface area contributed by atoms with Gasteiger partial charge in [0.05, 0.1) is 12.1 Å². The van der Waals surface area contributed by atoms with E-state index in [9.17, 15) is 14.3 Å². The summed E-state index contributed by atoms with van der Waals surface area (Å²) in [6.07, 6.45) is 6.05. The van der Waals surface area contributed by atoms with Crippen molar-refractivity contribution < 1.29 is 14.3 Å². The monoisotopic (exact) mass is 483 g/mol. The third kappa shape index (κ3) is 5.07. The van der Waals surface area contributed by atoms with E-state index in [2.05, 4.69) is 27.1 Å². The lowest BCUT2D eigenvalue weighted by atomic mass is 9.85. The number of carbonyl (C=O) groups excluding carboxylic acids is 1. The standard InChI is InChI=1S/C28H26FN5O2/c29-22-8-6-20(7-9-22)26(35)32-18-23-17-21-5-4-19(10-14-28(36)12-2-1-3-13-28)16-24(21)34(23)25-11-15-31-27(30)33-25/h4-9,11,15-17,36H,1-3,12-13,18H2,(H,32,35)(H2,30,31,33). The van der Waals surface area contributed by atoms with Crippen molar-refractivity contribution in [2.75, 3.05) is 5.73 Å². The molecule has 1 fully saturated rings. The van der Waals surface area contributed by atoms with Gasteiger partial charge in [-0.1, -0.05) is 24.3 Å². The van der Waals surface area contributed by atoms with Crippen LogP contribution in [0.5, 0.6) is 0 Å². The molecule has 7 nitrogen and oxygen atoms in total. The van der Waals surface area contributed by atoms with Gasteiger partial charge >= 0.3 is 0 Å². The molecule has 182 valence electrons. The largest absolute Gasteiger partial charge is 0.378 e. The van der Waals surface area contributed by atoms with Gasteiger partial charge < -0.3 is 16.2 Å². The molecule has 2 heterocycles. The van der Waals surface area contributed by atoms with Crippen molar-refractivity contribution in [3.63, 3.8) is 0 Å². The highest BCUT2D eigenvalue weighted by atomic mass is 19.1. The first-order valence-electron chi connectivity index (χ1n) is 11.9. The van der Waals surface area contributed by atoms with Crippen LogP contribution in [0.4, 0.5) is 10.3 Å². The Hall–Kier alpha value is -4.22. The highest BCUT2D eigenvalue weighted by Crippen LogP contribution is 2.28. The molecule has 8 heteroatoms. The minimum atomic E-state index is -0.938. The number of nitrogens with zero attached hydrogens (tertiary/aromatic N) is 3. The summed E-state index contributed by atoms with van der Waals surface area (Å²) in [7, 11) is 0. The summed E-state index contributed by atoms with van der Waals surface area (Å²) in [6, 6.07) is 14.9. The zero-order valence-corrected chi connectivity index (χ0v) is 19.7. The van der Waals surface area contributed by atoms with Crippen molar-refractivity contribution in [3.8, 4) is 17.7 Å². The van der Waals surface area contributed by atoms with Crippen LogP contribution >= 0.6 is 0 Å². The third-order valence-corrected chi connectivity index (χ3v) is 6.43. The zero-order valence-electron chi connectivity index (χ0n) is 19.7. The van der Waals surface area contributed by atoms with Gasteiger partial charge in [-0.3, -0.25) is 9.36 Å². The molecule has 4 aromatic rings. The lowest BCUT2D eigenvalue weighted by Gasteiger charge is -2.26. The fourth-order valence-corrected chi connectivity index (χ4v) is 4.55. The Balaban J connectivity index is 1.50. The molecule has 1 saturated carbocycles. The van der Waals surface area contributed by atoms with Crippen LogP contribution in [-0.2, 0) is 6.54 Å². The Morgan fingerprint density at radius 2 is 1.89 bits per heavy atom. The molecule has 0 aliphatic heterocycles. The molecule has 0 atom stereocenters. The molecular formula is C28H26FN5O2. The van der Waals surface area contributed by atoms with E-state index in [-0.39, 0.29) is 18.4 Å². The summed E-state index contributed by atoms with van der Waals surface area (Å²) in [5.41, 5.74) is 7.66. The number of benzene rings is 2. The third-order valence-electron chi connectivity index (χ3n) is 6.43. The molecule has 1 aliphatic rings. The molecule has 0 radical (unpaired) electrons. The van der Waals surface area contributed by atoms with Gasteiger partial charge in [0.1, 0.15) is 17.2 Å². The van der Waals surface area contributed by atoms with Crippen molar-refractivity contribution >= 4 is 22.8 Å². The van der Waals surface area contributed by atoms with E-state index in [1.165, 1.54) is 24.3 Å². The number of aliphatic hydroxyl groups is 1. The number of rotatable bonds is 4. The fraction of sp³-hybridized carbons (Fsp3) is 0.250. The smallest absolute Gasteiger partial charge is 0.251 e. The summed E-state index contributed by atoms with van der Waals surface area (Å²) in [6.45, 7) is 0.204. The topological polar surface area (TPSA) is 106 Å². The van der Waals surface area contributed by atoms with Gasteiger partial charge in [-0.25, -0.2) is 9.37 Å². The number of aromatic nitrogens is 3. The summed E-state index contributed by atoms with van der Waals surface area (Å²) in [5.74, 6) is 6.20. The van der Waals surface area contributed by atoms with Gasteiger partial charge in [-0.05, 0) is 74.2 Å². The van der Waals surface area contributed by atoms with E-state index in [0.29, 0.717) is 24.2 Å². The number of hydrogen-bond donors (Lipinski definition) is 3. The van der Waals surface area contributed by atoms with Gasteiger partial charge in [0.2, 0.25) is 5.95 Å². The number of carbonyl (C=O) groups is 1. The molecule has 4 N–H and O–H groups in total. The molecule has 2 aromatic heterocycles. The van der Waals surface area contributed by atoms with Crippen LogP contribution in [0.15, 0.2) is 60.8 Å². The molecule has 2 aromatic carbocycles. The normalized spacial score (nSPS) is 14.7. The predicted octanol–water partition coefficient (Wildman–Crippen LogP) is 4.12. The number of fused-ring (bicyclic) bond motifs is 1. The highest BCUT2D eigenvalue weighted by molar-refractivity contribution is 5.94. The second-order valence-electron chi connectivity index (χ2n) is 9.05. The van der Waals surface area contributed by atoms with E-state index in [1.54, 1.807) is 12.3 Å². The lowest BCUT2D eigenvalue weighted by molar-refractivity contribution is 0.0610.